The van der Waals surface area contributed by atoms with E-state index in [0.717, 1.165) is 22.3 Å². The minimum atomic E-state index is -1.86. The molecule has 37 heavy (non-hydrogen) atoms. The van der Waals surface area contributed by atoms with Crippen molar-refractivity contribution in [3.8, 4) is 0 Å². The topological polar surface area (TPSA) is 102 Å². The van der Waals surface area contributed by atoms with Gasteiger partial charge in [-0.3, -0.25) is 9.69 Å². The highest BCUT2D eigenvalue weighted by Crippen LogP contribution is 2.47. The van der Waals surface area contributed by atoms with Gasteiger partial charge in [-0.2, -0.15) is 0 Å². The van der Waals surface area contributed by atoms with Crippen LogP contribution in [0.3, 0.4) is 0 Å². The van der Waals surface area contributed by atoms with Gasteiger partial charge in [0.1, 0.15) is 0 Å². The largest absolute Gasteiger partial charge is 0.453 e. The van der Waals surface area contributed by atoms with Crippen molar-refractivity contribution in [2.24, 2.45) is 0 Å². The van der Waals surface area contributed by atoms with Crippen molar-refractivity contribution < 1.29 is 24.5 Å². The maximum Gasteiger partial charge on any atom is 0.406 e. The van der Waals surface area contributed by atoms with E-state index < -0.39 is 23.7 Å². The summed E-state index contributed by atoms with van der Waals surface area (Å²) < 4.78 is 4.62. The molecule has 0 saturated carbocycles. The van der Waals surface area contributed by atoms with Crippen LogP contribution in [0.4, 0.5) is 10.5 Å². The predicted octanol–water partition coefficient (Wildman–Crippen LogP) is 3.20. The molecule has 2 aliphatic heterocycles. The second-order valence-corrected chi connectivity index (χ2v) is 9.81. The van der Waals surface area contributed by atoms with Crippen LogP contribution in [0.25, 0.3) is 11.6 Å². The average molecular weight is 504 g/mol. The molecule has 2 aromatic carbocycles. The molecule has 1 aliphatic carbocycles. The Morgan fingerprint density at radius 2 is 1.95 bits per heavy atom. The lowest BCUT2D eigenvalue weighted by Crippen LogP contribution is -2.54. The number of fused-ring (bicyclic) bond motifs is 2. The number of alkyl carbamates (subject to hydrolysis) is 1. The van der Waals surface area contributed by atoms with Crippen molar-refractivity contribution in [3.63, 3.8) is 0 Å². The van der Waals surface area contributed by atoms with Gasteiger partial charge in [-0.05, 0) is 48.1 Å². The minimum Gasteiger partial charge on any atom is -0.453 e. The molecule has 8 nitrogen and oxygen atoms in total. The number of ether oxygens (including phenoxy) is 1. The quantitative estimate of drug-likeness (QED) is 0.579. The standard InChI is InChI=1S/C29H33N3O5/c1-4-18-9-8-10-21-24(18)20(5-2)25(26(21)33)31-15-13-19(14-16-31)32-23-12-7-6-11-22(23)29(36,27(32)34)17-30-28(35)37-3/h4-12,19,25-26,33,36H,1,13-17H2,2-3H3,(H,30,35)/b20-5+/t25?,26-,29?/m1/s1. The maximum atomic E-state index is 13.6. The molecule has 2 aromatic rings. The smallest absolute Gasteiger partial charge is 0.406 e. The number of amides is 2. The lowest BCUT2D eigenvalue weighted by atomic mass is 9.95. The van der Waals surface area contributed by atoms with Crippen molar-refractivity contribution in [1.82, 2.24) is 10.2 Å². The van der Waals surface area contributed by atoms with Gasteiger partial charge in [-0.15, -0.1) is 0 Å². The third-order valence-electron chi connectivity index (χ3n) is 8.00. The fourth-order valence-electron chi connectivity index (χ4n) is 6.22. The van der Waals surface area contributed by atoms with Crippen LogP contribution >= 0.6 is 0 Å². The van der Waals surface area contributed by atoms with Crippen LogP contribution < -0.4 is 10.2 Å². The molecule has 0 spiro atoms. The van der Waals surface area contributed by atoms with Gasteiger partial charge in [-0.1, -0.05) is 55.1 Å². The fraction of sp³-hybridized carbons (Fsp3) is 0.379. The van der Waals surface area contributed by atoms with Crippen molar-refractivity contribution in [2.45, 2.75) is 43.6 Å². The van der Waals surface area contributed by atoms with Crippen molar-refractivity contribution in [3.05, 3.63) is 77.4 Å². The molecule has 2 amide bonds. The van der Waals surface area contributed by atoms with E-state index in [4.69, 9.17) is 0 Å². The summed E-state index contributed by atoms with van der Waals surface area (Å²) >= 11 is 0. The third-order valence-corrected chi connectivity index (χ3v) is 8.00. The zero-order valence-electron chi connectivity index (χ0n) is 21.2. The first kappa shape index (κ1) is 25.2. The number of hydrogen-bond donors (Lipinski definition) is 3. The fourth-order valence-corrected chi connectivity index (χ4v) is 6.22. The lowest BCUT2D eigenvalue weighted by molar-refractivity contribution is -0.136. The van der Waals surface area contributed by atoms with Gasteiger partial charge in [0, 0.05) is 24.7 Å². The van der Waals surface area contributed by atoms with E-state index in [0.29, 0.717) is 37.2 Å². The van der Waals surface area contributed by atoms with Gasteiger partial charge < -0.3 is 25.2 Å². The summed E-state index contributed by atoms with van der Waals surface area (Å²) in [5, 5.41) is 25.2. The number of rotatable bonds is 5. The summed E-state index contributed by atoms with van der Waals surface area (Å²) in [6, 6.07) is 12.8. The molecule has 1 saturated heterocycles. The first-order chi connectivity index (χ1) is 17.8. The Balaban J connectivity index is 1.36. The highest BCUT2D eigenvalue weighted by Gasteiger charge is 2.52. The Morgan fingerprint density at radius 3 is 2.62 bits per heavy atom. The molecular weight excluding hydrogens is 470 g/mol. The summed E-state index contributed by atoms with van der Waals surface area (Å²) in [6.45, 7) is 7.05. The van der Waals surface area contributed by atoms with Crippen LogP contribution in [0.15, 0.2) is 55.1 Å². The van der Waals surface area contributed by atoms with Crippen molar-refractivity contribution in [2.75, 3.05) is 31.6 Å². The number of aliphatic hydroxyl groups excluding tert-OH is 1. The van der Waals surface area contributed by atoms with Crippen molar-refractivity contribution in [1.29, 1.82) is 0 Å². The molecule has 0 bridgehead atoms. The molecule has 0 radical (unpaired) electrons. The molecular formula is C29H33N3O5. The molecule has 0 aromatic heterocycles. The predicted molar refractivity (Wildman–Crippen MR) is 142 cm³/mol. The highest BCUT2D eigenvalue weighted by atomic mass is 16.5. The molecule has 5 rings (SSSR count). The van der Waals surface area contributed by atoms with Gasteiger partial charge in [0.05, 0.1) is 31.5 Å². The molecule has 3 aliphatic rings. The number of aliphatic hydroxyl groups is 2. The average Bonchev–Trinajstić information content (AvgIpc) is 3.35. The lowest BCUT2D eigenvalue weighted by Gasteiger charge is -2.41. The maximum absolute atomic E-state index is 13.6. The van der Waals surface area contributed by atoms with E-state index >= 15 is 0 Å². The molecule has 1 fully saturated rings. The Morgan fingerprint density at radius 1 is 1.22 bits per heavy atom. The molecule has 8 heteroatoms. The summed E-state index contributed by atoms with van der Waals surface area (Å²) in [4.78, 5) is 29.3. The number of para-hydroxylation sites is 1. The van der Waals surface area contributed by atoms with Gasteiger partial charge in [0.15, 0.2) is 5.60 Å². The molecule has 3 N–H and O–H groups in total. The summed E-state index contributed by atoms with van der Waals surface area (Å²) in [5.41, 5.74) is 3.39. The number of allylic oxidation sites excluding steroid dienone is 1. The molecule has 2 heterocycles. The number of benzene rings is 2. The molecule has 3 atom stereocenters. The number of nitrogens with one attached hydrogen (secondary N) is 1. The normalized spacial score (nSPS) is 26.8. The number of carbonyl (C=O) groups is 2. The highest BCUT2D eigenvalue weighted by molar-refractivity contribution is 6.07. The third kappa shape index (κ3) is 3.96. The number of carbonyl (C=O) groups excluding carboxylic acids is 2. The first-order valence-electron chi connectivity index (χ1n) is 12.7. The SMILES string of the molecule is C=Cc1cccc2c1/C(=C\C)C(N1CCC(N3C(=O)C(O)(CNC(=O)OC)c4ccccc43)CC1)[C@@H]2O. The van der Waals surface area contributed by atoms with Crippen molar-refractivity contribution >= 4 is 29.3 Å². The zero-order chi connectivity index (χ0) is 26.3. The monoisotopic (exact) mass is 503 g/mol. The summed E-state index contributed by atoms with van der Waals surface area (Å²) in [7, 11) is 1.24. The van der Waals surface area contributed by atoms with Crippen LogP contribution in [0.2, 0.25) is 0 Å². The number of methoxy groups -OCH3 is 1. The Bertz CT molecular complexity index is 1270. The van der Waals surface area contributed by atoms with Gasteiger partial charge in [0.25, 0.3) is 5.91 Å². The van der Waals surface area contributed by atoms with Gasteiger partial charge >= 0.3 is 6.09 Å². The van der Waals surface area contributed by atoms with Crippen LogP contribution in [0.1, 0.15) is 48.1 Å². The van der Waals surface area contributed by atoms with E-state index in [1.807, 2.05) is 43.3 Å². The number of piperidine rings is 1. The zero-order valence-corrected chi connectivity index (χ0v) is 21.2. The Hall–Kier alpha value is -3.46. The summed E-state index contributed by atoms with van der Waals surface area (Å²) in [5.74, 6) is -0.443. The van der Waals surface area contributed by atoms with E-state index in [9.17, 15) is 19.8 Å². The van der Waals surface area contributed by atoms with E-state index in [1.165, 1.54) is 7.11 Å². The van der Waals surface area contributed by atoms with E-state index in [2.05, 4.69) is 27.6 Å². The van der Waals surface area contributed by atoms with Crippen LogP contribution in [-0.2, 0) is 15.1 Å². The summed E-state index contributed by atoms with van der Waals surface area (Å²) in [6.07, 6.45) is 3.93. The van der Waals surface area contributed by atoms with E-state index in [-0.39, 0.29) is 18.6 Å². The number of anilines is 1. The van der Waals surface area contributed by atoms with Crippen LogP contribution in [-0.4, -0.2) is 65.9 Å². The Kier molecular flexibility index (Phi) is 6.66. The molecule has 194 valence electrons. The second-order valence-electron chi connectivity index (χ2n) is 9.81. The number of nitrogens with zero attached hydrogens (tertiary/aromatic N) is 2. The van der Waals surface area contributed by atoms with E-state index in [1.54, 1.807) is 17.0 Å². The Labute approximate surface area is 216 Å². The van der Waals surface area contributed by atoms with Gasteiger partial charge in [0.2, 0.25) is 0 Å². The van der Waals surface area contributed by atoms with Gasteiger partial charge in [-0.25, -0.2) is 4.79 Å². The number of likely N-dealkylation sites (tertiary alicyclic amines) is 1. The number of hydrogen-bond acceptors (Lipinski definition) is 6. The molecule has 2 unspecified atom stereocenters. The van der Waals surface area contributed by atoms with Crippen LogP contribution in [0.5, 0.6) is 0 Å². The minimum absolute atomic E-state index is 0.115. The second kappa shape index (κ2) is 9.78. The first-order valence-corrected chi connectivity index (χ1v) is 12.7. The van der Waals surface area contributed by atoms with Crippen LogP contribution in [0, 0.1) is 0 Å².